The van der Waals surface area contributed by atoms with Crippen LogP contribution in [0.5, 0.6) is 0 Å². The Balaban J connectivity index is 1.75. The molecule has 0 radical (unpaired) electrons. The quantitative estimate of drug-likeness (QED) is 0.734. The molecule has 138 valence electrons. The molecule has 4 aliphatic carbocycles. The van der Waals surface area contributed by atoms with E-state index < -0.39 is 33.7 Å². The first-order valence-electron chi connectivity index (χ1n) is 8.71. The fourth-order valence-electron chi connectivity index (χ4n) is 5.47. The van der Waals surface area contributed by atoms with Crippen molar-refractivity contribution in [3.8, 4) is 0 Å². The Labute approximate surface area is 145 Å². The zero-order valence-corrected chi connectivity index (χ0v) is 14.7. The van der Waals surface area contributed by atoms with E-state index in [4.69, 9.17) is 4.18 Å². The second kappa shape index (κ2) is 5.46. The van der Waals surface area contributed by atoms with Gasteiger partial charge in [-0.15, -0.1) is 0 Å². The van der Waals surface area contributed by atoms with Crippen LogP contribution >= 0.6 is 0 Å². The largest absolute Gasteiger partial charge is 0.419 e. The summed E-state index contributed by atoms with van der Waals surface area (Å²) in [5.41, 5.74) is -1.73. The van der Waals surface area contributed by atoms with E-state index in [-0.39, 0.29) is 16.7 Å². The SMILES string of the molecule is Cc1ccc(S(=O)(=O)OC2(C(F)(F)F)C3CC4CC(C3)CC2C4)cc1. The van der Waals surface area contributed by atoms with Gasteiger partial charge in [-0.1, -0.05) is 17.7 Å². The lowest BCUT2D eigenvalue weighted by molar-refractivity contribution is -0.319. The van der Waals surface area contributed by atoms with Gasteiger partial charge in [-0.05, 0) is 74.8 Å². The van der Waals surface area contributed by atoms with Crippen LogP contribution in [0, 0.1) is 30.6 Å². The highest BCUT2D eigenvalue weighted by Crippen LogP contribution is 2.64. The predicted molar refractivity (Wildman–Crippen MR) is 85.3 cm³/mol. The third kappa shape index (κ3) is 2.62. The lowest BCUT2D eigenvalue weighted by Crippen LogP contribution is -2.66. The molecule has 4 bridgehead atoms. The normalized spacial score (nSPS) is 37.4. The van der Waals surface area contributed by atoms with E-state index in [1.807, 2.05) is 0 Å². The Morgan fingerprint density at radius 2 is 1.44 bits per heavy atom. The molecule has 1 aromatic carbocycles. The summed E-state index contributed by atoms with van der Waals surface area (Å²) in [4.78, 5) is -0.212. The summed E-state index contributed by atoms with van der Waals surface area (Å²) < 4.78 is 73.0. The number of hydrogen-bond acceptors (Lipinski definition) is 3. The van der Waals surface area contributed by atoms with Gasteiger partial charge in [-0.25, -0.2) is 4.18 Å². The minimum Gasteiger partial charge on any atom is -0.249 e. The maximum atomic E-state index is 14.2. The van der Waals surface area contributed by atoms with Crippen LogP contribution in [0.25, 0.3) is 0 Å². The first-order valence-corrected chi connectivity index (χ1v) is 10.1. The second-order valence-electron chi connectivity index (χ2n) is 7.95. The number of benzene rings is 1. The molecule has 0 aromatic heterocycles. The predicted octanol–water partition coefficient (Wildman–Crippen LogP) is 4.46. The topological polar surface area (TPSA) is 43.4 Å². The number of halogens is 3. The third-order valence-corrected chi connectivity index (χ3v) is 7.70. The van der Waals surface area contributed by atoms with E-state index >= 15 is 0 Å². The summed E-state index contributed by atoms with van der Waals surface area (Å²) in [6, 6.07) is 5.75. The molecular formula is C18H21F3O3S. The molecule has 5 rings (SSSR count). The zero-order chi connectivity index (χ0) is 18.0. The molecular weight excluding hydrogens is 353 g/mol. The maximum Gasteiger partial charge on any atom is 0.419 e. The fraction of sp³-hybridized carbons (Fsp3) is 0.667. The molecule has 4 saturated carbocycles. The van der Waals surface area contributed by atoms with Crippen molar-refractivity contribution in [2.24, 2.45) is 23.7 Å². The van der Waals surface area contributed by atoms with Crippen molar-refractivity contribution in [2.45, 2.75) is 55.7 Å². The van der Waals surface area contributed by atoms with Gasteiger partial charge in [0.2, 0.25) is 0 Å². The minimum atomic E-state index is -4.70. The van der Waals surface area contributed by atoms with Crippen molar-refractivity contribution >= 4 is 10.1 Å². The number of hydrogen-bond donors (Lipinski definition) is 0. The average Bonchev–Trinajstić information content (AvgIpc) is 2.49. The Hall–Kier alpha value is -1.08. The molecule has 0 aliphatic heterocycles. The lowest BCUT2D eigenvalue weighted by Gasteiger charge is -2.59. The van der Waals surface area contributed by atoms with Crippen molar-refractivity contribution < 1.29 is 25.8 Å². The highest BCUT2D eigenvalue weighted by atomic mass is 32.2. The molecule has 0 amide bonds. The Morgan fingerprint density at radius 1 is 0.960 bits per heavy atom. The molecule has 4 aliphatic rings. The molecule has 4 fully saturated rings. The lowest BCUT2D eigenvalue weighted by atomic mass is 9.49. The molecule has 0 saturated heterocycles. The van der Waals surface area contributed by atoms with Crippen molar-refractivity contribution in [1.82, 2.24) is 0 Å². The van der Waals surface area contributed by atoms with Crippen LogP contribution in [-0.2, 0) is 14.3 Å². The molecule has 0 heterocycles. The summed E-state index contributed by atoms with van der Waals surface area (Å²) in [7, 11) is -4.48. The number of rotatable bonds is 3. The van der Waals surface area contributed by atoms with Gasteiger partial charge in [0.05, 0.1) is 4.90 Å². The first kappa shape index (κ1) is 17.3. The standard InChI is InChI=1S/C18H21F3O3S/c1-11-2-4-16(5-3-11)25(22,23)24-17(18(19,20)21)14-7-12-6-13(9-14)10-15(17)8-12/h2-5,12-15H,6-10H2,1H3. The van der Waals surface area contributed by atoms with E-state index in [0.29, 0.717) is 25.7 Å². The maximum absolute atomic E-state index is 14.2. The zero-order valence-electron chi connectivity index (χ0n) is 13.9. The highest BCUT2D eigenvalue weighted by molar-refractivity contribution is 7.86. The minimum absolute atomic E-state index is 0.212. The summed E-state index contributed by atoms with van der Waals surface area (Å²) in [6.45, 7) is 1.78. The summed E-state index contributed by atoms with van der Waals surface area (Å²) in [6.07, 6.45) is -2.07. The Morgan fingerprint density at radius 3 is 1.88 bits per heavy atom. The molecule has 0 N–H and O–H groups in total. The summed E-state index contributed by atoms with van der Waals surface area (Å²) in [5, 5.41) is 0. The van der Waals surface area contributed by atoms with Crippen LogP contribution in [0.1, 0.15) is 37.7 Å². The van der Waals surface area contributed by atoms with Crippen LogP contribution in [0.15, 0.2) is 29.2 Å². The Kier molecular flexibility index (Phi) is 3.79. The van der Waals surface area contributed by atoms with Crippen molar-refractivity contribution in [1.29, 1.82) is 0 Å². The van der Waals surface area contributed by atoms with Gasteiger partial charge >= 0.3 is 6.18 Å². The smallest absolute Gasteiger partial charge is 0.249 e. The van der Waals surface area contributed by atoms with Gasteiger partial charge in [0.1, 0.15) is 0 Å². The van der Waals surface area contributed by atoms with Crippen molar-refractivity contribution in [3.05, 3.63) is 29.8 Å². The van der Waals surface area contributed by atoms with E-state index in [2.05, 4.69) is 0 Å². The van der Waals surface area contributed by atoms with Gasteiger partial charge < -0.3 is 0 Å². The molecule has 0 spiro atoms. The van der Waals surface area contributed by atoms with E-state index in [9.17, 15) is 21.6 Å². The highest BCUT2D eigenvalue weighted by Gasteiger charge is 2.71. The third-order valence-electron chi connectivity index (χ3n) is 6.35. The fourth-order valence-corrected chi connectivity index (χ4v) is 6.76. The van der Waals surface area contributed by atoms with Crippen LogP contribution < -0.4 is 0 Å². The molecule has 25 heavy (non-hydrogen) atoms. The average molecular weight is 374 g/mol. The number of aryl methyl sites for hydroxylation is 1. The van der Waals surface area contributed by atoms with E-state index in [1.165, 1.54) is 12.1 Å². The van der Waals surface area contributed by atoms with E-state index in [1.54, 1.807) is 19.1 Å². The van der Waals surface area contributed by atoms with Gasteiger partial charge in [-0.3, -0.25) is 0 Å². The first-order chi connectivity index (χ1) is 11.6. The van der Waals surface area contributed by atoms with Crippen molar-refractivity contribution in [3.63, 3.8) is 0 Å². The monoisotopic (exact) mass is 374 g/mol. The second-order valence-corrected chi connectivity index (χ2v) is 9.49. The Bertz CT molecular complexity index is 740. The summed E-state index contributed by atoms with van der Waals surface area (Å²) >= 11 is 0. The van der Waals surface area contributed by atoms with E-state index in [0.717, 1.165) is 12.0 Å². The van der Waals surface area contributed by atoms with Crippen LogP contribution in [-0.4, -0.2) is 20.2 Å². The van der Waals surface area contributed by atoms with Crippen LogP contribution in [0.3, 0.4) is 0 Å². The van der Waals surface area contributed by atoms with Gasteiger partial charge in [0.25, 0.3) is 10.1 Å². The van der Waals surface area contributed by atoms with Gasteiger partial charge in [0.15, 0.2) is 5.60 Å². The van der Waals surface area contributed by atoms with Crippen LogP contribution in [0.4, 0.5) is 13.2 Å². The number of alkyl halides is 3. The molecule has 7 heteroatoms. The molecule has 3 nitrogen and oxygen atoms in total. The van der Waals surface area contributed by atoms with Gasteiger partial charge in [0, 0.05) is 0 Å². The van der Waals surface area contributed by atoms with Gasteiger partial charge in [-0.2, -0.15) is 21.6 Å². The molecule has 0 atom stereocenters. The molecule has 0 unspecified atom stereocenters. The molecule has 1 aromatic rings. The summed E-state index contributed by atoms with van der Waals surface area (Å²) in [5.74, 6) is -0.958. The van der Waals surface area contributed by atoms with Crippen molar-refractivity contribution in [2.75, 3.05) is 0 Å². The van der Waals surface area contributed by atoms with Crippen LogP contribution in [0.2, 0.25) is 0 Å².